The van der Waals surface area contributed by atoms with Gasteiger partial charge in [-0.05, 0) is 41.4 Å². The lowest BCUT2D eigenvalue weighted by Gasteiger charge is -2.31. The van der Waals surface area contributed by atoms with E-state index in [1.165, 1.54) is 25.6 Å². The summed E-state index contributed by atoms with van der Waals surface area (Å²) in [5.41, 5.74) is 1.86. The summed E-state index contributed by atoms with van der Waals surface area (Å²) in [5.74, 6) is 0.300. The van der Waals surface area contributed by atoms with Crippen LogP contribution in [-0.2, 0) is 9.59 Å². The summed E-state index contributed by atoms with van der Waals surface area (Å²) in [6.45, 7) is 4.85. The number of carbonyl (C=O) groups excluding carboxylic acids is 2. The highest BCUT2D eigenvalue weighted by atomic mass is 35.5. The number of esters is 1. The summed E-state index contributed by atoms with van der Waals surface area (Å²) in [4.78, 5) is 42.0. The summed E-state index contributed by atoms with van der Waals surface area (Å²) in [7, 11) is 0. The summed E-state index contributed by atoms with van der Waals surface area (Å²) in [6.07, 6.45) is 1.24. The van der Waals surface area contributed by atoms with Gasteiger partial charge in [-0.15, -0.1) is 0 Å². The molecule has 1 atom stereocenters. The SMILES string of the molecule is CCCCSc1n[n+]2c(c(=O)[nH]1)-c1ccccc1N(C(C)=O)C2c1ccc(OC(C)=O)c(Cl)c1. The van der Waals surface area contributed by atoms with Gasteiger partial charge < -0.3 is 4.74 Å². The Balaban J connectivity index is 1.93. The zero-order valence-corrected chi connectivity index (χ0v) is 20.6. The number of nitrogens with one attached hydrogen (secondary N) is 1. The molecule has 1 N–H and O–H groups in total. The van der Waals surface area contributed by atoms with Crippen LogP contribution >= 0.6 is 23.4 Å². The fraction of sp³-hybridized carbons (Fsp3) is 0.292. The predicted octanol–water partition coefficient (Wildman–Crippen LogP) is 4.11. The molecular weight excluding hydrogens is 476 g/mol. The number of anilines is 1. The summed E-state index contributed by atoms with van der Waals surface area (Å²) in [5, 5.41) is 5.42. The molecule has 1 aromatic heterocycles. The minimum atomic E-state index is -0.765. The molecule has 176 valence electrons. The average molecular weight is 500 g/mol. The van der Waals surface area contributed by atoms with E-state index >= 15 is 0 Å². The average Bonchev–Trinajstić information content (AvgIpc) is 2.79. The molecule has 34 heavy (non-hydrogen) atoms. The number of amides is 1. The van der Waals surface area contributed by atoms with Gasteiger partial charge in [-0.2, -0.15) is 0 Å². The number of carbonyl (C=O) groups is 2. The molecule has 0 bridgehead atoms. The van der Waals surface area contributed by atoms with Crippen LogP contribution in [0.3, 0.4) is 0 Å². The maximum Gasteiger partial charge on any atom is 0.325 e. The molecule has 1 aliphatic rings. The Kier molecular flexibility index (Phi) is 7.04. The Morgan fingerprint density at radius 1 is 1.24 bits per heavy atom. The Bertz CT molecular complexity index is 1330. The quantitative estimate of drug-likeness (QED) is 0.180. The van der Waals surface area contributed by atoms with Crippen LogP contribution in [-0.4, -0.2) is 27.7 Å². The number of fused-ring (bicyclic) bond motifs is 3. The largest absolute Gasteiger partial charge is 0.425 e. The van der Waals surface area contributed by atoms with Crippen molar-refractivity contribution in [3.05, 3.63) is 63.4 Å². The highest BCUT2D eigenvalue weighted by molar-refractivity contribution is 7.99. The number of halogens is 1. The third-order valence-corrected chi connectivity index (χ3v) is 6.59. The van der Waals surface area contributed by atoms with Crippen molar-refractivity contribution in [1.29, 1.82) is 0 Å². The molecule has 8 nitrogen and oxygen atoms in total. The second kappa shape index (κ2) is 9.99. The molecule has 0 saturated carbocycles. The van der Waals surface area contributed by atoms with E-state index in [4.69, 9.17) is 21.4 Å². The first-order valence-electron chi connectivity index (χ1n) is 10.9. The smallest absolute Gasteiger partial charge is 0.325 e. The van der Waals surface area contributed by atoms with E-state index in [1.807, 2.05) is 12.1 Å². The number of aromatic nitrogens is 3. The van der Waals surface area contributed by atoms with E-state index in [2.05, 4.69) is 11.9 Å². The fourth-order valence-electron chi connectivity index (χ4n) is 3.91. The van der Waals surface area contributed by atoms with Gasteiger partial charge in [0, 0.05) is 30.3 Å². The Morgan fingerprint density at radius 2 is 2.00 bits per heavy atom. The first-order chi connectivity index (χ1) is 16.3. The molecule has 1 amide bonds. The van der Waals surface area contributed by atoms with Crippen LogP contribution in [0.5, 0.6) is 5.75 Å². The number of rotatable bonds is 6. The Hall–Kier alpha value is -3.17. The molecule has 0 radical (unpaired) electrons. The summed E-state index contributed by atoms with van der Waals surface area (Å²) in [6, 6.07) is 12.1. The van der Waals surface area contributed by atoms with Crippen LogP contribution in [0.2, 0.25) is 5.02 Å². The maximum absolute atomic E-state index is 13.3. The van der Waals surface area contributed by atoms with Crippen molar-refractivity contribution < 1.29 is 19.0 Å². The van der Waals surface area contributed by atoms with Crippen molar-refractivity contribution in [3.63, 3.8) is 0 Å². The standard InChI is InChI=1S/C24H23ClN4O4S/c1-4-5-12-34-24-26-22(32)21-17-8-6-7-9-19(17)28(14(2)30)23(29(21)27-24)16-10-11-20(18(25)13-16)33-15(3)31/h6-11,13,23H,4-5,12H2,1-3H3/p+1. The third-order valence-electron chi connectivity index (χ3n) is 5.34. The van der Waals surface area contributed by atoms with Crippen LogP contribution in [0.4, 0.5) is 5.69 Å². The molecule has 1 unspecified atom stereocenters. The summed E-state index contributed by atoms with van der Waals surface area (Å²) >= 11 is 7.87. The van der Waals surface area contributed by atoms with Gasteiger partial charge in [0.25, 0.3) is 6.17 Å². The normalized spacial score (nSPS) is 14.4. The second-order valence-electron chi connectivity index (χ2n) is 7.82. The Morgan fingerprint density at radius 3 is 2.68 bits per heavy atom. The number of hydrogen-bond acceptors (Lipinski definition) is 6. The van der Waals surface area contributed by atoms with E-state index in [9.17, 15) is 14.4 Å². The molecule has 3 aromatic rings. The van der Waals surface area contributed by atoms with E-state index in [-0.39, 0.29) is 22.2 Å². The molecule has 0 aliphatic carbocycles. The van der Waals surface area contributed by atoms with Crippen molar-refractivity contribution in [2.45, 2.75) is 44.9 Å². The molecule has 0 fully saturated rings. The molecule has 0 spiro atoms. The van der Waals surface area contributed by atoms with Gasteiger partial charge in [-0.3, -0.25) is 19.4 Å². The monoisotopic (exact) mass is 499 g/mol. The van der Waals surface area contributed by atoms with E-state index in [0.29, 0.717) is 27.7 Å². The number of unbranched alkanes of at least 4 members (excludes halogenated alkanes) is 1. The number of thioether (sulfide) groups is 1. The number of nitrogens with zero attached hydrogens (tertiary/aromatic N) is 3. The van der Waals surface area contributed by atoms with Crippen molar-refractivity contribution in [2.75, 3.05) is 10.7 Å². The van der Waals surface area contributed by atoms with Crippen LogP contribution in [0, 0.1) is 0 Å². The lowest BCUT2D eigenvalue weighted by atomic mass is 10.0. The van der Waals surface area contributed by atoms with Crippen molar-refractivity contribution in [1.82, 2.24) is 10.1 Å². The number of para-hydroxylation sites is 1. The second-order valence-corrected chi connectivity index (χ2v) is 9.31. The highest BCUT2D eigenvalue weighted by Gasteiger charge is 2.45. The molecule has 2 aromatic carbocycles. The molecule has 2 heterocycles. The van der Waals surface area contributed by atoms with Gasteiger partial charge in [0.15, 0.2) is 0 Å². The first-order valence-corrected chi connectivity index (χ1v) is 12.2. The molecule has 1 aliphatic heterocycles. The van der Waals surface area contributed by atoms with E-state index < -0.39 is 12.1 Å². The van der Waals surface area contributed by atoms with Crippen LogP contribution < -0.4 is 19.9 Å². The topological polar surface area (TPSA) is 96.2 Å². The number of ether oxygens (including phenoxy) is 1. The Labute approximate surface area is 205 Å². The minimum Gasteiger partial charge on any atom is -0.425 e. The molecule has 4 rings (SSSR count). The van der Waals surface area contributed by atoms with Crippen molar-refractivity contribution in [2.24, 2.45) is 0 Å². The predicted molar refractivity (Wildman–Crippen MR) is 130 cm³/mol. The lowest BCUT2D eigenvalue weighted by Crippen LogP contribution is -2.60. The van der Waals surface area contributed by atoms with Gasteiger partial charge >= 0.3 is 17.2 Å². The van der Waals surface area contributed by atoms with Gasteiger partial charge in [-0.25, -0.2) is 4.90 Å². The summed E-state index contributed by atoms with van der Waals surface area (Å²) < 4.78 is 6.73. The first kappa shape index (κ1) is 24.0. The van der Waals surface area contributed by atoms with Crippen LogP contribution in [0.25, 0.3) is 11.3 Å². The van der Waals surface area contributed by atoms with Gasteiger partial charge in [0.2, 0.25) is 11.1 Å². The highest BCUT2D eigenvalue weighted by Crippen LogP contribution is 2.38. The fourth-order valence-corrected chi connectivity index (χ4v) is 5.07. The van der Waals surface area contributed by atoms with Crippen molar-refractivity contribution >= 4 is 40.9 Å². The van der Waals surface area contributed by atoms with Crippen molar-refractivity contribution in [3.8, 4) is 17.0 Å². The number of H-pyrrole nitrogens is 1. The third kappa shape index (κ3) is 4.58. The van der Waals surface area contributed by atoms with Gasteiger partial charge in [0.05, 0.1) is 16.3 Å². The number of benzene rings is 2. The number of aromatic amines is 1. The van der Waals surface area contributed by atoms with Crippen LogP contribution in [0.15, 0.2) is 52.4 Å². The van der Waals surface area contributed by atoms with Gasteiger partial charge in [0.1, 0.15) is 5.75 Å². The van der Waals surface area contributed by atoms with E-state index in [1.54, 1.807) is 39.9 Å². The van der Waals surface area contributed by atoms with Gasteiger partial charge in [-0.1, -0.05) is 48.8 Å². The van der Waals surface area contributed by atoms with E-state index in [0.717, 1.165) is 18.6 Å². The zero-order valence-electron chi connectivity index (χ0n) is 19.0. The van der Waals surface area contributed by atoms with Crippen LogP contribution in [0.1, 0.15) is 45.3 Å². The molecule has 10 heteroatoms. The maximum atomic E-state index is 13.3. The zero-order chi connectivity index (χ0) is 24.4. The number of hydrogen-bond donors (Lipinski definition) is 1. The lowest BCUT2D eigenvalue weighted by molar-refractivity contribution is -0.763. The minimum absolute atomic E-state index is 0.208. The molecule has 0 saturated heterocycles. The molecular formula is C24H24ClN4O4S+.